The number of fused-ring (bicyclic) bond motifs is 4. The minimum absolute atomic E-state index is 0.0596. The predicted molar refractivity (Wildman–Crippen MR) is 89.5 cm³/mol. The van der Waals surface area contributed by atoms with Crippen molar-refractivity contribution in [3.8, 4) is 11.1 Å². The molecule has 4 rings (SSSR count). The van der Waals surface area contributed by atoms with Gasteiger partial charge in [0.2, 0.25) is 0 Å². The zero-order valence-corrected chi connectivity index (χ0v) is 12.7. The summed E-state index contributed by atoms with van der Waals surface area (Å²) in [5.41, 5.74) is 5.50. The topological polar surface area (TPSA) is 3.24 Å². The highest BCUT2D eigenvalue weighted by molar-refractivity contribution is 5.93. The van der Waals surface area contributed by atoms with Gasteiger partial charge in [0.25, 0.3) is 0 Å². The quantitative estimate of drug-likeness (QED) is 0.624. The first kappa shape index (κ1) is 12.6. The lowest BCUT2D eigenvalue weighted by Gasteiger charge is -2.35. The van der Waals surface area contributed by atoms with Crippen molar-refractivity contribution in [3.63, 3.8) is 0 Å². The highest BCUT2D eigenvalue weighted by atomic mass is 15.1. The van der Waals surface area contributed by atoms with Crippen LogP contribution in [0.3, 0.4) is 0 Å². The Balaban J connectivity index is 2.14. The molecular formula is C20H19N. The molecule has 1 aliphatic carbocycles. The van der Waals surface area contributed by atoms with Crippen LogP contribution >= 0.6 is 0 Å². The molecular weight excluding hydrogens is 254 g/mol. The Bertz CT molecular complexity index is 847. The standard InChI is InChI=1S/C20H19N/c1-20(21(2)3)18-11-7-6-10-16(18)17-12-14-8-4-5-9-15(14)13-19(17)20/h4-13H,1-3H3. The van der Waals surface area contributed by atoms with E-state index in [4.69, 9.17) is 0 Å². The van der Waals surface area contributed by atoms with E-state index in [1.807, 2.05) is 0 Å². The van der Waals surface area contributed by atoms with E-state index in [-0.39, 0.29) is 5.54 Å². The molecule has 0 radical (unpaired) electrons. The molecule has 0 N–H and O–H groups in total. The van der Waals surface area contributed by atoms with Crippen LogP contribution in [-0.2, 0) is 5.54 Å². The predicted octanol–water partition coefficient (Wildman–Crippen LogP) is 4.65. The van der Waals surface area contributed by atoms with E-state index in [2.05, 4.69) is 86.6 Å². The maximum absolute atomic E-state index is 2.37. The van der Waals surface area contributed by atoms with Gasteiger partial charge in [0, 0.05) is 0 Å². The maximum Gasteiger partial charge on any atom is 0.0694 e. The lowest BCUT2D eigenvalue weighted by atomic mass is 9.87. The van der Waals surface area contributed by atoms with Gasteiger partial charge in [-0.1, -0.05) is 48.5 Å². The summed E-state index contributed by atoms with van der Waals surface area (Å²) >= 11 is 0. The Kier molecular flexibility index (Phi) is 2.51. The lowest BCUT2D eigenvalue weighted by molar-refractivity contribution is 0.229. The van der Waals surface area contributed by atoms with E-state index < -0.39 is 0 Å². The maximum atomic E-state index is 2.37. The molecule has 0 fully saturated rings. The molecule has 1 aliphatic rings. The Morgan fingerprint density at radius 2 is 1.33 bits per heavy atom. The Hall–Kier alpha value is -2.12. The van der Waals surface area contributed by atoms with E-state index in [0.29, 0.717) is 0 Å². The van der Waals surface area contributed by atoms with Crippen LogP contribution in [0, 0.1) is 0 Å². The molecule has 0 heterocycles. The summed E-state index contributed by atoms with van der Waals surface area (Å²) in [5.74, 6) is 0. The SMILES string of the molecule is CN(C)C1(C)c2ccccc2-c2cc3ccccc3cc21. The van der Waals surface area contributed by atoms with Gasteiger partial charge >= 0.3 is 0 Å². The third-order valence-corrected chi connectivity index (χ3v) is 5.05. The van der Waals surface area contributed by atoms with Gasteiger partial charge in [-0.15, -0.1) is 0 Å². The van der Waals surface area contributed by atoms with Crippen molar-refractivity contribution in [2.24, 2.45) is 0 Å². The van der Waals surface area contributed by atoms with Crippen molar-refractivity contribution >= 4 is 10.8 Å². The molecule has 21 heavy (non-hydrogen) atoms. The van der Waals surface area contributed by atoms with Crippen LogP contribution in [0.1, 0.15) is 18.1 Å². The van der Waals surface area contributed by atoms with E-state index >= 15 is 0 Å². The fourth-order valence-corrected chi connectivity index (χ4v) is 3.64. The Morgan fingerprint density at radius 1 is 0.714 bits per heavy atom. The summed E-state index contributed by atoms with van der Waals surface area (Å²) in [6.45, 7) is 2.33. The van der Waals surface area contributed by atoms with Crippen molar-refractivity contribution in [3.05, 3.63) is 71.8 Å². The molecule has 1 atom stereocenters. The molecule has 1 nitrogen and oxygen atoms in total. The average Bonchev–Trinajstić information content (AvgIpc) is 2.76. The highest BCUT2D eigenvalue weighted by Crippen LogP contribution is 2.50. The largest absolute Gasteiger partial charge is 0.296 e. The van der Waals surface area contributed by atoms with Crippen LogP contribution in [0.2, 0.25) is 0 Å². The van der Waals surface area contributed by atoms with Crippen LogP contribution < -0.4 is 0 Å². The highest BCUT2D eigenvalue weighted by Gasteiger charge is 2.40. The zero-order chi connectivity index (χ0) is 14.6. The number of rotatable bonds is 1. The molecule has 0 aromatic heterocycles. The third-order valence-electron chi connectivity index (χ3n) is 5.05. The van der Waals surface area contributed by atoms with Gasteiger partial charge in [-0.25, -0.2) is 0 Å². The first-order valence-electron chi connectivity index (χ1n) is 7.43. The van der Waals surface area contributed by atoms with Gasteiger partial charge in [-0.05, 0) is 66.2 Å². The summed E-state index contributed by atoms with van der Waals surface area (Å²) in [6, 6.07) is 22.1. The normalized spacial score (nSPS) is 19.8. The lowest BCUT2D eigenvalue weighted by Crippen LogP contribution is -2.37. The molecule has 0 saturated carbocycles. The van der Waals surface area contributed by atoms with Crippen molar-refractivity contribution in [1.82, 2.24) is 4.90 Å². The van der Waals surface area contributed by atoms with Crippen molar-refractivity contribution in [2.75, 3.05) is 14.1 Å². The summed E-state index contributed by atoms with van der Waals surface area (Å²) < 4.78 is 0. The summed E-state index contributed by atoms with van der Waals surface area (Å²) in [4.78, 5) is 2.33. The molecule has 3 aromatic carbocycles. The molecule has 1 heteroatoms. The molecule has 0 amide bonds. The van der Waals surface area contributed by atoms with Crippen molar-refractivity contribution in [2.45, 2.75) is 12.5 Å². The van der Waals surface area contributed by atoms with Crippen LogP contribution in [0.5, 0.6) is 0 Å². The molecule has 104 valence electrons. The third kappa shape index (κ3) is 1.55. The first-order chi connectivity index (χ1) is 10.1. The fourth-order valence-electron chi connectivity index (χ4n) is 3.64. The summed E-state index contributed by atoms with van der Waals surface area (Å²) in [7, 11) is 4.34. The molecule has 1 unspecified atom stereocenters. The minimum Gasteiger partial charge on any atom is -0.296 e. The van der Waals surface area contributed by atoms with Gasteiger partial charge in [0.15, 0.2) is 0 Å². The van der Waals surface area contributed by atoms with Gasteiger partial charge in [0.1, 0.15) is 0 Å². The molecule has 0 aliphatic heterocycles. The van der Waals surface area contributed by atoms with E-state index in [1.54, 1.807) is 0 Å². The molecule has 0 spiro atoms. The zero-order valence-electron chi connectivity index (χ0n) is 12.7. The van der Waals surface area contributed by atoms with Crippen LogP contribution in [0.4, 0.5) is 0 Å². The average molecular weight is 273 g/mol. The number of hydrogen-bond donors (Lipinski definition) is 0. The van der Waals surface area contributed by atoms with E-state index in [0.717, 1.165) is 0 Å². The fraction of sp³-hybridized carbons (Fsp3) is 0.200. The molecule has 0 saturated heterocycles. The summed E-state index contributed by atoms with van der Waals surface area (Å²) in [5, 5.41) is 2.63. The van der Waals surface area contributed by atoms with Crippen LogP contribution in [-0.4, -0.2) is 19.0 Å². The van der Waals surface area contributed by atoms with Crippen LogP contribution in [0.25, 0.3) is 21.9 Å². The Labute approximate surface area is 125 Å². The minimum atomic E-state index is -0.0596. The van der Waals surface area contributed by atoms with Gasteiger partial charge < -0.3 is 0 Å². The summed E-state index contributed by atoms with van der Waals surface area (Å²) in [6.07, 6.45) is 0. The van der Waals surface area contributed by atoms with Crippen molar-refractivity contribution < 1.29 is 0 Å². The van der Waals surface area contributed by atoms with Crippen molar-refractivity contribution in [1.29, 1.82) is 0 Å². The molecule has 0 bridgehead atoms. The second-order valence-corrected chi connectivity index (χ2v) is 6.26. The monoisotopic (exact) mass is 273 g/mol. The second kappa shape index (κ2) is 4.19. The Morgan fingerprint density at radius 3 is 2.05 bits per heavy atom. The van der Waals surface area contributed by atoms with E-state index in [1.165, 1.54) is 33.0 Å². The second-order valence-electron chi connectivity index (χ2n) is 6.26. The van der Waals surface area contributed by atoms with Gasteiger partial charge in [-0.2, -0.15) is 0 Å². The van der Waals surface area contributed by atoms with Gasteiger partial charge in [0.05, 0.1) is 5.54 Å². The number of nitrogens with zero attached hydrogens (tertiary/aromatic N) is 1. The van der Waals surface area contributed by atoms with Gasteiger partial charge in [-0.3, -0.25) is 4.90 Å². The molecule has 3 aromatic rings. The first-order valence-corrected chi connectivity index (χ1v) is 7.43. The van der Waals surface area contributed by atoms with Crippen LogP contribution in [0.15, 0.2) is 60.7 Å². The smallest absolute Gasteiger partial charge is 0.0694 e. The van der Waals surface area contributed by atoms with E-state index in [9.17, 15) is 0 Å². The number of benzene rings is 3. The number of hydrogen-bond acceptors (Lipinski definition) is 1.